The Morgan fingerprint density at radius 2 is 2.00 bits per heavy atom. The maximum absolute atomic E-state index is 11.6. The van der Waals surface area contributed by atoms with Gasteiger partial charge in [0.05, 0.1) is 18.2 Å². The lowest BCUT2D eigenvalue weighted by molar-refractivity contribution is 0.0600. The molecule has 2 heterocycles. The highest BCUT2D eigenvalue weighted by molar-refractivity contribution is 5.89. The van der Waals surface area contributed by atoms with Crippen LogP contribution >= 0.6 is 0 Å². The predicted octanol–water partition coefficient (Wildman–Crippen LogP) is 1.59. The van der Waals surface area contributed by atoms with Crippen molar-refractivity contribution in [3.8, 4) is 22.9 Å². The van der Waals surface area contributed by atoms with Gasteiger partial charge in [0.2, 0.25) is 0 Å². The first-order valence-electron chi connectivity index (χ1n) is 6.05. The second kappa shape index (κ2) is 4.78. The highest BCUT2D eigenvalue weighted by atomic mass is 16.5. The number of hydrogen-bond acceptors (Lipinski definition) is 6. The van der Waals surface area contributed by atoms with Crippen molar-refractivity contribution in [3.63, 3.8) is 0 Å². The Balaban J connectivity index is 2.20. The van der Waals surface area contributed by atoms with Crippen LogP contribution in [0.25, 0.3) is 17.0 Å². The first-order valence-corrected chi connectivity index (χ1v) is 6.05. The monoisotopic (exact) mass is 285 g/mol. The fourth-order valence-corrected chi connectivity index (χ4v) is 2.02. The molecule has 2 N–H and O–H groups in total. The predicted molar refractivity (Wildman–Crippen MR) is 73.1 cm³/mol. The second-order valence-corrected chi connectivity index (χ2v) is 4.36. The molecule has 0 spiro atoms. The van der Waals surface area contributed by atoms with Crippen molar-refractivity contribution in [2.75, 3.05) is 7.11 Å². The maximum Gasteiger partial charge on any atom is 0.339 e. The van der Waals surface area contributed by atoms with E-state index in [-0.39, 0.29) is 11.5 Å². The summed E-state index contributed by atoms with van der Waals surface area (Å²) < 4.78 is 6.24. The topological polar surface area (TPSA) is 97.0 Å². The third-order valence-electron chi connectivity index (χ3n) is 3.05. The number of nitrogens with zero attached hydrogens (tertiary/aromatic N) is 3. The fourth-order valence-electron chi connectivity index (χ4n) is 2.02. The molecule has 3 aromatic rings. The van der Waals surface area contributed by atoms with Crippen molar-refractivity contribution in [3.05, 3.63) is 42.1 Å². The maximum atomic E-state index is 11.6. The van der Waals surface area contributed by atoms with Crippen molar-refractivity contribution in [2.24, 2.45) is 0 Å². The molecule has 0 aliphatic rings. The van der Waals surface area contributed by atoms with E-state index in [9.17, 15) is 15.0 Å². The van der Waals surface area contributed by atoms with Gasteiger partial charge in [-0.1, -0.05) is 0 Å². The number of benzene rings is 1. The van der Waals surface area contributed by atoms with Crippen LogP contribution in [0.4, 0.5) is 0 Å². The highest BCUT2D eigenvalue weighted by Crippen LogP contribution is 2.31. The number of aromatic nitrogens is 3. The Morgan fingerprint density at radius 1 is 1.19 bits per heavy atom. The lowest BCUT2D eigenvalue weighted by atomic mass is 10.2. The molecule has 0 atom stereocenters. The van der Waals surface area contributed by atoms with Gasteiger partial charge in [0, 0.05) is 12.3 Å². The van der Waals surface area contributed by atoms with Gasteiger partial charge < -0.3 is 14.9 Å². The zero-order valence-electron chi connectivity index (χ0n) is 11.0. The summed E-state index contributed by atoms with van der Waals surface area (Å²) in [6.07, 6.45) is 1.53. The number of pyridine rings is 1. The summed E-state index contributed by atoms with van der Waals surface area (Å²) >= 11 is 0. The van der Waals surface area contributed by atoms with Gasteiger partial charge in [0.15, 0.2) is 11.5 Å². The van der Waals surface area contributed by atoms with Gasteiger partial charge in [-0.3, -0.25) is 4.40 Å². The van der Waals surface area contributed by atoms with Crippen molar-refractivity contribution in [1.82, 2.24) is 14.6 Å². The molecular weight excluding hydrogens is 274 g/mol. The van der Waals surface area contributed by atoms with Crippen LogP contribution in [0.5, 0.6) is 11.5 Å². The van der Waals surface area contributed by atoms with Gasteiger partial charge in [-0.05, 0) is 24.3 Å². The molecule has 1 aromatic carbocycles. The van der Waals surface area contributed by atoms with Crippen LogP contribution < -0.4 is 0 Å². The second-order valence-electron chi connectivity index (χ2n) is 4.36. The SMILES string of the molecule is COC(=O)c1ccc2nnc(-c3ccc(O)cc3O)n2c1. The zero-order chi connectivity index (χ0) is 15.0. The number of carbonyl (C=O) groups is 1. The number of methoxy groups -OCH3 is 1. The number of hydrogen-bond donors (Lipinski definition) is 2. The Hall–Kier alpha value is -3.09. The Labute approximate surface area is 119 Å². The van der Waals surface area contributed by atoms with Crippen molar-refractivity contribution < 1.29 is 19.7 Å². The van der Waals surface area contributed by atoms with E-state index in [0.717, 1.165) is 0 Å². The summed E-state index contributed by atoms with van der Waals surface area (Å²) in [6.45, 7) is 0. The van der Waals surface area contributed by atoms with E-state index < -0.39 is 5.97 Å². The Morgan fingerprint density at radius 3 is 2.71 bits per heavy atom. The number of phenols is 2. The number of esters is 1. The third kappa shape index (κ3) is 2.14. The van der Waals surface area contributed by atoms with E-state index in [1.165, 1.54) is 31.5 Å². The number of rotatable bonds is 2. The lowest BCUT2D eigenvalue weighted by Gasteiger charge is -2.05. The van der Waals surface area contributed by atoms with E-state index in [4.69, 9.17) is 0 Å². The van der Waals surface area contributed by atoms with Crippen LogP contribution in [0.3, 0.4) is 0 Å². The van der Waals surface area contributed by atoms with Gasteiger partial charge in [-0.25, -0.2) is 4.79 Å². The summed E-state index contributed by atoms with van der Waals surface area (Å²) in [4.78, 5) is 11.6. The van der Waals surface area contributed by atoms with Crippen LogP contribution in [-0.2, 0) is 4.74 Å². The van der Waals surface area contributed by atoms with Crippen LogP contribution in [0.2, 0.25) is 0 Å². The van der Waals surface area contributed by atoms with Gasteiger partial charge in [0.1, 0.15) is 11.5 Å². The Bertz CT molecular complexity index is 841. The van der Waals surface area contributed by atoms with Gasteiger partial charge in [-0.15, -0.1) is 10.2 Å². The van der Waals surface area contributed by atoms with Gasteiger partial charge in [0.25, 0.3) is 0 Å². The average Bonchev–Trinajstić information content (AvgIpc) is 2.89. The first-order chi connectivity index (χ1) is 10.1. The number of carbonyl (C=O) groups excluding carboxylic acids is 1. The summed E-state index contributed by atoms with van der Waals surface area (Å²) in [5.41, 5.74) is 1.25. The molecule has 0 amide bonds. The zero-order valence-corrected chi connectivity index (χ0v) is 11.0. The largest absolute Gasteiger partial charge is 0.508 e. The number of aromatic hydroxyl groups is 2. The summed E-state index contributed by atoms with van der Waals surface area (Å²) in [6, 6.07) is 7.36. The molecule has 0 fully saturated rings. The summed E-state index contributed by atoms with van der Waals surface area (Å²) in [7, 11) is 1.30. The van der Waals surface area contributed by atoms with Crippen molar-refractivity contribution >= 4 is 11.6 Å². The molecule has 0 saturated carbocycles. The molecule has 0 bridgehead atoms. The molecule has 106 valence electrons. The molecule has 0 unspecified atom stereocenters. The van der Waals surface area contributed by atoms with Crippen LogP contribution in [0, 0.1) is 0 Å². The molecule has 0 aliphatic heterocycles. The number of phenolic OH excluding ortho intramolecular Hbond substituents is 2. The molecule has 0 saturated heterocycles. The van der Waals surface area contributed by atoms with E-state index in [1.807, 2.05) is 0 Å². The highest BCUT2D eigenvalue weighted by Gasteiger charge is 2.14. The smallest absolute Gasteiger partial charge is 0.339 e. The third-order valence-corrected chi connectivity index (χ3v) is 3.05. The van der Waals surface area contributed by atoms with E-state index >= 15 is 0 Å². The minimum Gasteiger partial charge on any atom is -0.508 e. The summed E-state index contributed by atoms with van der Waals surface area (Å²) in [5.74, 6) is -0.312. The minimum atomic E-state index is -0.480. The molecule has 3 rings (SSSR count). The molecule has 7 heteroatoms. The molecule has 0 aliphatic carbocycles. The van der Waals surface area contributed by atoms with Crippen LogP contribution in [-0.4, -0.2) is 37.9 Å². The standard InChI is InChI=1S/C14H11N3O4/c1-21-14(20)8-2-5-12-15-16-13(17(12)7-8)10-4-3-9(18)6-11(10)19/h2-7,18-19H,1H3. The lowest BCUT2D eigenvalue weighted by Crippen LogP contribution is -2.03. The van der Waals surface area contributed by atoms with Gasteiger partial charge >= 0.3 is 5.97 Å². The fraction of sp³-hybridized carbons (Fsp3) is 0.0714. The number of fused-ring (bicyclic) bond motifs is 1. The van der Waals surface area contributed by atoms with Crippen LogP contribution in [0.15, 0.2) is 36.5 Å². The molecule has 0 radical (unpaired) electrons. The van der Waals surface area contributed by atoms with E-state index in [2.05, 4.69) is 14.9 Å². The Kier molecular flexibility index (Phi) is 2.94. The molecule has 2 aromatic heterocycles. The molecule has 21 heavy (non-hydrogen) atoms. The quantitative estimate of drug-likeness (QED) is 0.694. The summed E-state index contributed by atoms with van der Waals surface area (Å²) in [5, 5.41) is 27.2. The number of ether oxygens (including phenoxy) is 1. The first kappa shape index (κ1) is 12.9. The normalized spacial score (nSPS) is 10.7. The molecular formula is C14H11N3O4. The van der Waals surface area contributed by atoms with Crippen molar-refractivity contribution in [1.29, 1.82) is 0 Å². The molecule has 7 nitrogen and oxygen atoms in total. The van der Waals surface area contributed by atoms with Crippen molar-refractivity contribution in [2.45, 2.75) is 0 Å². The van der Waals surface area contributed by atoms with E-state index in [1.54, 1.807) is 16.5 Å². The van der Waals surface area contributed by atoms with Crippen LogP contribution in [0.1, 0.15) is 10.4 Å². The minimum absolute atomic E-state index is 0.0553. The average molecular weight is 285 g/mol. The van der Waals surface area contributed by atoms with E-state index in [0.29, 0.717) is 22.6 Å². The van der Waals surface area contributed by atoms with Gasteiger partial charge in [-0.2, -0.15) is 0 Å².